The Bertz CT molecular complexity index is 1030. The van der Waals surface area contributed by atoms with Crippen molar-refractivity contribution in [2.75, 3.05) is 14.2 Å². The Morgan fingerprint density at radius 2 is 1.75 bits per heavy atom. The minimum absolute atomic E-state index is 0.0153. The Balaban J connectivity index is 1.65. The number of esters is 1. The third-order valence-corrected chi connectivity index (χ3v) is 4.23. The van der Waals surface area contributed by atoms with Crippen LogP contribution in [0.2, 0.25) is 0 Å². The molecule has 146 valence electrons. The molecule has 7 heteroatoms. The Kier molecular flexibility index (Phi) is 5.84. The van der Waals surface area contributed by atoms with E-state index >= 15 is 0 Å². The van der Waals surface area contributed by atoms with Gasteiger partial charge in [-0.15, -0.1) is 0 Å². The molecule has 0 unspecified atom stereocenters. The highest BCUT2D eigenvalue weighted by Crippen LogP contribution is 2.24. The SMILES string of the molecule is COc1cc(CCC(=O)OCc2cc(=O)oc3cc(O)ccc23)cc(OC)c1. The first-order valence-electron chi connectivity index (χ1n) is 8.62. The largest absolute Gasteiger partial charge is 0.508 e. The minimum atomic E-state index is -0.576. The highest BCUT2D eigenvalue weighted by molar-refractivity contribution is 5.81. The van der Waals surface area contributed by atoms with Gasteiger partial charge < -0.3 is 23.7 Å². The van der Waals surface area contributed by atoms with Gasteiger partial charge >= 0.3 is 11.6 Å². The molecule has 1 N–H and O–H groups in total. The molecule has 0 bridgehead atoms. The molecule has 7 nitrogen and oxygen atoms in total. The van der Waals surface area contributed by atoms with Gasteiger partial charge in [-0.3, -0.25) is 4.79 Å². The van der Waals surface area contributed by atoms with Crippen molar-refractivity contribution in [3.05, 3.63) is 64.0 Å². The molecule has 0 aliphatic rings. The van der Waals surface area contributed by atoms with Crippen molar-refractivity contribution in [2.45, 2.75) is 19.4 Å². The normalized spacial score (nSPS) is 10.6. The minimum Gasteiger partial charge on any atom is -0.508 e. The van der Waals surface area contributed by atoms with E-state index in [-0.39, 0.29) is 24.4 Å². The molecule has 0 fully saturated rings. The van der Waals surface area contributed by atoms with Crippen molar-refractivity contribution < 1.29 is 28.5 Å². The number of hydrogen-bond donors (Lipinski definition) is 1. The number of ether oxygens (including phenoxy) is 3. The summed E-state index contributed by atoms with van der Waals surface area (Å²) in [5.41, 5.74) is 1.06. The maximum atomic E-state index is 12.1. The smallest absolute Gasteiger partial charge is 0.336 e. The molecule has 3 aromatic rings. The first-order chi connectivity index (χ1) is 13.5. The summed E-state index contributed by atoms with van der Waals surface area (Å²) < 4.78 is 20.8. The van der Waals surface area contributed by atoms with Crippen LogP contribution in [0.25, 0.3) is 11.0 Å². The number of carbonyl (C=O) groups is 1. The number of fused-ring (bicyclic) bond motifs is 1. The second kappa shape index (κ2) is 8.47. The molecule has 0 spiro atoms. The van der Waals surface area contributed by atoms with E-state index in [1.165, 1.54) is 18.2 Å². The number of rotatable bonds is 7. The van der Waals surface area contributed by atoms with Crippen LogP contribution in [0.15, 0.2) is 51.7 Å². The molecular formula is C21H20O7. The molecule has 0 atom stereocenters. The van der Waals surface area contributed by atoms with E-state index in [2.05, 4.69) is 0 Å². The summed E-state index contributed by atoms with van der Waals surface area (Å²) in [5.74, 6) is 0.877. The second-order valence-electron chi connectivity index (χ2n) is 6.15. The zero-order chi connectivity index (χ0) is 20.1. The molecule has 0 amide bonds. The molecule has 0 saturated carbocycles. The predicted octanol–water partition coefficient (Wildman–Crippen LogP) is 3.19. The lowest BCUT2D eigenvalue weighted by Crippen LogP contribution is -2.08. The highest BCUT2D eigenvalue weighted by Gasteiger charge is 2.11. The summed E-state index contributed by atoms with van der Waals surface area (Å²) >= 11 is 0. The summed E-state index contributed by atoms with van der Waals surface area (Å²) in [7, 11) is 3.13. The van der Waals surface area contributed by atoms with Gasteiger partial charge in [0, 0.05) is 35.6 Å². The monoisotopic (exact) mass is 384 g/mol. The van der Waals surface area contributed by atoms with Crippen LogP contribution in [0.5, 0.6) is 17.2 Å². The van der Waals surface area contributed by atoms with Crippen LogP contribution < -0.4 is 15.1 Å². The van der Waals surface area contributed by atoms with Gasteiger partial charge in [0.1, 0.15) is 29.4 Å². The van der Waals surface area contributed by atoms with Crippen LogP contribution in [-0.2, 0) is 22.6 Å². The fraction of sp³-hybridized carbons (Fsp3) is 0.238. The average Bonchev–Trinajstić information content (AvgIpc) is 2.69. The number of phenolic OH excluding ortho intramolecular Hbond substituents is 1. The van der Waals surface area contributed by atoms with Crippen molar-refractivity contribution >= 4 is 16.9 Å². The van der Waals surface area contributed by atoms with Crippen molar-refractivity contribution in [1.29, 1.82) is 0 Å². The first-order valence-corrected chi connectivity index (χ1v) is 8.62. The predicted molar refractivity (Wildman–Crippen MR) is 102 cm³/mol. The van der Waals surface area contributed by atoms with Crippen molar-refractivity contribution in [3.63, 3.8) is 0 Å². The molecule has 0 saturated heterocycles. The maximum absolute atomic E-state index is 12.1. The fourth-order valence-corrected chi connectivity index (χ4v) is 2.83. The fourth-order valence-electron chi connectivity index (χ4n) is 2.83. The van der Waals surface area contributed by atoms with Crippen LogP contribution >= 0.6 is 0 Å². The number of phenols is 1. The van der Waals surface area contributed by atoms with E-state index in [1.807, 2.05) is 12.1 Å². The van der Waals surface area contributed by atoms with Crippen molar-refractivity contribution in [2.24, 2.45) is 0 Å². The third kappa shape index (κ3) is 4.62. The number of aromatic hydroxyl groups is 1. The Labute approximate surface area is 161 Å². The Hall–Kier alpha value is -3.48. The van der Waals surface area contributed by atoms with Crippen LogP contribution in [-0.4, -0.2) is 25.3 Å². The van der Waals surface area contributed by atoms with E-state index in [0.29, 0.717) is 28.9 Å². The molecule has 3 rings (SSSR count). The summed E-state index contributed by atoms with van der Waals surface area (Å²) in [6.07, 6.45) is 0.619. The van der Waals surface area contributed by atoms with Crippen LogP contribution in [0.1, 0.15) is 17.5 Å². The second-order valence-corrected chi connectivity index (χ2v) is 6.15. The Morgan fingerprint density at radius 3 is 2.43 bits per heavy atom. The van der Waals surface area contributed by atoms with Gasteiger partial charge in [0.2, 0.25) is 0 Å². The summed E-state index contributed by atoms with van der Waals surface area (Å²) in [5, 5.41) is 10.1. The standard InChI is InChI=1S/C21H20O7/c1-25-16-7-13(8-17(11-16)26-2)3-6-20(23)27-12-14-9-21(24)28-19-10-15(22)4-5-18(14)19/h4-5,7-11,22H,3,6,12H2,1-2H3. The van der Waals surface area contributed by atoms with Gasteiger partial charge in [0.05, 0.1) is 14.2 Å². The molecule has 0 aliphatic heterocycles. The summed E-state index contributed by atoms with van der Waals surface area (Å²) in [4.78, 5) is 23.8. The quantitative estimate of drug-likeness (QED) is 0.494. The number of methoxy groups -OCH3 is 2. The van der Waals surface area contributed by atoms with Gasteiger partial charge in [-0.2, -0.15) is 0 Å². The van der Waals surface area contributed by atoms with E-state index < -0.39 is 11.6 Å². The number of carbonyl (C=O) groups excluding carboxylic acids is 1. The topological polar surface area (TPSA) is 95.2 Å². The zero-order valence-corrected chi connectivity index (χ0v) is 15.6. The van der Waals surface area contributed by atoms with Crippen LogP contribution in [0.4, 0.5) is 0 Å². The summed E-state index contributed by atoms with van der Waals surface area (Å²) in [6, 6.07) is 11.1. The highest BCUT2D eigenvalue weighted by atomic mass is 16.5. The molecule has 2 aromatic carbocycles. The van der Waals surface area contributed by atoms with E-state index in [0.717, 1.165) is 5.56 Å². The van der Waals surface area contributed by atoms with Crippen molar-refractivity contribution in [3.8, 4) is 17.2 Å². The van der Waals surface area contributed by atoms with Crippen LogP contribution in [0.3, 0.4) is 0 Å². The summed E-state index contributed by atoms with van der Waals surface area (Å²) in [6.45, 7) is -0.0624. The molecule has 0 radical (unpaired) electrons. The lowest BCUT2D eigenvalue weighted by Gasteiger charge is -2.09. The molecule has 1 heterocycles. The molecule has 0 aliphatic carbocycles. The molecular weight excluding hydrogens is 364 g/mol. The average molecular weight is 384 g/mol. The van der Waals surface area contributed by atoms with Gasteiger partial charge in [-0.1, -0.05) is 0 Å². The van der Waals surface area contributed by atoms with Crippen LogP contribution in [0, 0.1) is 0 Å². The van der Waals surface area contributed by atoms with Gasteiger partial charge in [0.15, 0.2) is 0 Å². The van der Waals surface area contributed by atoms with Gasteiger partial charge in [0.25, 0.3) is 0 Å². The molecule has 28 heavy (non-hydrogen) atoms. The maximum Gasteiger partial charge on any atom is 0.336 e. The lowest BCUT2D eigenvalue weighted by molar-refractivity contribution is -0.144. The number of hydrogen-bond acceptors (Lipinski definition) is 7. The zero-order valence-electron chi connectivity index (χ0n) is 15.6. The van der Waals surface area contributed by atoms with Crippen molar-refractivity contribution in [1.82, 2.24) is 0 Å². The number of benzene rings is 2. The van der Waals surface area contributed by atoms with E-state index in [4.69, 9.17) is 18.6 Å². The molecule has 1 aromatic heterocycles. The number of aryl methyl sites for hydroxylation is 1. The van der Waals surface area contributed by atoms with E-state index in [1.54, 1.807) is 26.4 Å². The lowest BCUT2D eigenvalue weighted by atomic mass is 10.1. The first kappa shape index (κ1) is 19.3. The van der Waals surface area contributed by atoms with E-state index in [9.17, 15) is 14.7 Å². The van der Waals surface area contributed by atoms with Gasteiger partial charge in [-0.25, -0.2) is 4.79 Å². The Morgan fingerprint density at radius 1 is 1.04 bits per heavy atom. The van der Waals surface area contributed by atoms with Gasteiger partial charge in [-0.05, 0) is 36.2 Å². The third-order valence-electron chi connectivity index (χ3n) is 4.23.